The Hall–Kier alpha value is -0.460. The molecule has 1 aromatic carbocycles. The molecule has 1 fully saturated rings. The molecular weight excluding hydrogens is 375 g/mol. The Morgan fingerprint density at radius 2 is 2.00 bits per heavy atom. The fraction of sp³-hybridized carbons (Fsp3) is 0.333. The fourth-order valence-corrected chi connectivity index (χ4v) is 3.76. The Morgan fingerprint density at radius 3 is 2.62 bits per heavy atom. The highest BCUT2D eigenvalue weighted by molar-refractivity contribution is 9.10. The van der Waals surface area contributed by atoms with Crippen LogP contribution in [0.1, 0.15) is 16.5 Å². The van der Waals surface area contributed by atoms with E-state index in [-0.39, 0.29) is 24.3 Å². The second-order valence-electron chi connectivity index (χ2n) is 4.88. The monoisotopic (exact) mass is 390 g/mol. The quantitative estimate of drug-likeness (QED) is 0.848. The van der Waals surface area contributed by atoms with E-state index in [1.807, 2.05) is 6.07 Å². The number of nitrogens with one attached hydrogen (secondary N) is 1. The molecule has 0 aliphatic carbocycles. The average Bonchev–Trinajstić information content (AvgIpc) is 2.98. The molecule has 0 saturated carbocycles. The first-order chi connectivity index (χ1) is 9.75. The van der Waals surface area contributed by atoms with Crippen molar-refractivity contribution in [3.8, 4) is 0 Å². The molecule has 1 atom stereocenters. The molecule has 6 heteroatoms. The molecule has 3 rings (SSSR count). The average molecular weight is 392 g/mol. The molecular formula is C15H17BrClFN2S. The summed E-state index contributed by atoms with van der Waals surface area (Å²) in [6, 6.07) is 9.81. The zero-order valence-corrected chi connectivity index (χ0v) is 14.6. The van der Waals surface area contributed by atoms with Crippen molar-refractivity contribution in [2.75, 3.05) is 26.2 Å². The molecule has 2 aromatic rings. The topological polar surface area (TPSA) is 15.3 Å². The van der Waals surface area contributed by atoms with Crippen molar-refractivity contribution in [2.24, 2.45) is 0 Å². The van der Waals surface area contributed by atoms with E-state index in [1.165, 1.54) is 4.88 Å². The molecule has 0 unspecified atom stereocenters. The highest BCUT2D eigenvalue weighted by atomic mass is 79.9. The number of nitrogens with zero attached hydrogens (tertiary/aromatic N) is 1. The molecule has 1 aliphatic rings. The molecule has 1 N–H and O–H groups in total. The normalized spacial score (nSPS) is 17.2. The summed E-state index contributed by atoms with van der Waals surface area (Å²) < 4.78 is 14.4. The van der Waals surface area contributed by atoms with Gasteiger partial charge in [0.15, 0.2) is 0 Å². The molecule has 114 valence electrons. The van der Waals surface area contributed by atoms with Crippen LogP contribution in [0.25, 0.3) is 0 Å². The maximum absolute atomic E-state index is 13.9. The molecule has 1 saturated heterocycles. The van der Waals surface area contributed by atoms with Crippen LogP contribution < -0.4 is 5.32 Å². The first-order valence-electron chi connectivity index (χ1n) is 6.69. The highest BCUT2D eigenvalue weighted by Gasteiger charge is 2.25. The Morgan fingerprint density at radius 1 is 1.24 bits per heavy atom. The van der Waals surface area contributed by atoms with Gasteiger partial charge in [-0.05, 0) is 45.1 Å². The minimum absolute atomic E-state index is 0. The summed E-state index contributed by atoms with van der Waals surface area (Å²) in [5.74, 6) is -0.195. The minimum Gasteiger partial charge on any atom is -0.314 e. The zero-order valence-electron chi connectivity index (χ0n) is 11.4. The van der Waals surface area contributed by atoms with Gasteiger partial charge in [0.1, 0.15) is 5.82 Å². The first kappa shape index (κ1) is 16.9. The third-order valence-electron chi connectivity index (χ3n) is 3.59. The van der Waals surface area contributed by atoms with Crippen LogP contribution in [0.5, 0.6) is 0 Å². The summed E-state index contributed by atoms with van der Waals surface area (Å²) in [6.07, 6.45) is 0. The second kappa shape index (κ2) is 7.70. The van der Waals surface area contributed by atoms with Gasteiger partial charge in [-0.15, -0.1) is 23.7 Å². The zero-order chi connectivity index (χ0) is 13.9. The van der Waals surface area contributed by atoms with Crippen LogP contribution in [0.3, 0.4) is 0 Å². The largest absolute Gasteiger partial charge is 0.314 e. The molecule has 21 heavy (non-hydrogen) atoms. The molecule has 0 radical (unpaired) electrons. The van der Waals surface area contributed by atoms with E-state index in [1.54, 1.807) is 23.5 Å². The lowest BCUT2D eigenvalue weighted by atomic mass is 10.0. The lowest BCUT2D eigenvalue weighted by Crippen LogP contribution is -2.45. The number of hydrogen-bond acceptors (Lipinski definition) is 3. The SMILES string of the molecule is Cl.Fc1cc([C@@H](c2cccs2)N2CCNCC2)ccc1Br. The number of rotatable bonds is 3. The highest BCUT2D eigenvalue weighted by Crippen LogP contribution is 2.33. The second-order valence-corrected chi connectivity index (χ2v) is 6.71. The van der Waals surface area contributed by atoms with Crippen LogP contribution in [0.4, 0.5) is 4.39 Å². The summed E-state index contributed by atoms with van der Waals surface area (Å²) in [4.78, 5) is 3.69. The van der Waals surface area contributed by atoms with Gasteiger partial charge in [-0.25, -0.2) is 4.39 Å². The predicted octanol–water partition coefficient (Wildman–Crippen LogP) is 4.07. The minimum atomic E-state index is -0.195. The molecule has 1 aromatic heterocycles. The van der Waals surface area contributed by atoms with Gasteiger partial charge in [0.05, 0.1) is 10.5 Å². The van der Waals surface area contributed by atoms with Crippen molar-refractivity contribution in [1.82, 2.24) is 10.2 Å². The van der Waals surface area contributed by atoms with Crippen molar-refractivity contribution < 1.29 is 4.39 Å². The van der Waals surface area contributed by atoms with Crippen LogP contribution in [0.2, 0.25) is 0 Å². The first-order valence-corrected chi connectivity index (χ1v) is 8.36. The van der Waals surface area contributed by atoms with Gasteiger partial charge < -0.3 is 5.32 Å². The summed E-state index contributed by atoms with van der Waals surface area (Å²) >= 11 is 4.96. The molecule has 0 bridgehead atoms. The Labute approximate surface area is 142 Å². The van der Waals surface area contributed by atoms with Crippen LogP contribution in [0.15, 0.2) is 40.2 Å². The van der Waals surface area contributed by atoms with Crippen LogP contribution in [0, 0.1) is 5.82 Å². The van der Waals surface area contributed by atoms with E-state index in [4.69, 9.17) is 0 Å². The summed E-state index contributed by atoms with van der Waals surface area (Å²) in [5.41, 5.74) is 1.02. The van der Waals surface area contributed by atoms with E-state index in [0.717, 1.165) is 31.7 Å². The number of halogens is 3. The van der Waals surface area contributed by atoms with Crippen LogP contribution >= 0.6 is 39.7 Å². The van der Waals surface area contributed by atoms with Crippen molar-refractivity contribution in [3.05, 3.63) is 56.4 Å². The van der Waals surface area contributed by atoms with Crippen molar-refractivity contribution in [1.29, 1.82) is 0 Å². The van der Waals surface area contributed by atoms with Crippen LogP contribution in [-0.4, -0.2) is 31.1 Å². The standard InChI is InChI=1S/C15H16BrFN2S.ClH/c16-12-4-3-11(10-13(12)17)15(14-2-1-9-20-14)19-7-5-18-6-8-19;/h1-4,9-10,15,18H,5-8H2;1H/t15-;/m0./s1. The van der Waals surface area contributed by atoms with E-state index in [2.05, 4.69) is 43.7 Å². The molecule has 2 heterocycles. The van der Waals surface area contributed by atoms with E-state index >= 15 is 0 Å². The lowest BCUT2D eigenvalue weighted by Gasteiger charge is -2.34. The Balaban J connectivity index is 0.00000161. The maximum atomic E-state index is 13.9. The number of benzene rings is 1. The van der Waals surface area contributed by atoms with Gasteiger partial charge in [0.25, 0.3) is 0 Å². The van der Waals surface area contributed by atoms with E-state index < -0.39 is 0 Å². The fourth-order valence-electron chi connectivity index (χ4n) is 2.62. The summed E-state index contributed by atoms with van der Waals surface area (Å²) in [7, 11) is 0. The predicted molar refractivity (Wildman–Crippen MR) is 92.0 cm³/mol. The molecule has 0 amide bonds. The smallest absolute Gasteiger partial charge is 0.137 e. The van der Waals surface area contributed by atoms with Crippen LogP contribution in [-0.2, 0) is 0 Å². The molecule has 0 spiro atoms. The van der Waals surface area contributed by atoms with Crippen molar-refractivity contribution in [2.45, 2.75) is 6.04 Å². The molecule has 1 aliphatic heterocycles. The van der Waals surface area contributed by atoms with E-state index in [9.17, 15) is 4.39 Å². The third kappa shape index (κ3) is 3.85. The Bertz CT molecular complexity index is 573. The number of thiophene rings is 1. The van der Waals surface area contributed by atoms with Gasteiger partial charge in [-0.3, -0.25) is 4.90 Å². The van der Waals surface area contributed by atoms with Gasteiger partial charge in [0.2, 0.25) is 0 Å². The summed E-state index contributed by atoms with van der Waals surface area (Å²) in [6.45, 7) is 3.95. The van der Waals surface area contributed by atoms with Crippen molar-refractivity contribution in [3.63, 3.8) is 0 Å². The summed E-state index contributed by atoms with van der Waals surface area (Å²) in [5, 5.41) is 5.45. The van der Waals surface area contributed by atoms with Gasteiger partial charge in [-0.2, -0.15) is 0 Å². The van der Waals surface area contributed by atoms with E-state index in [0.29, 0.717) is 4.47 Å². The maximum Gasteiger partial charge on any atom is 0.137 e. The molecule has 2 nitrogen and oxygen atoms in total. The van der Waals surface area contributed by atoms with Crippen molar-refractivity contribution >= 4 is 39.7 Å². The van der Waals surface area contributed by atoms with Gasteiger partial charge >= 0.3 is 0 Å². The van der Waals surface area contributed by atoms with Gasteiger partial charge in [-0.1, -0.05) is 12.1 Å². The number of piperazine rings is 1. The Kier molecular flexibility index (Phi) is 6.20. The van der Waals surface area contributed by atoms with Gasteiger partial charge in [0, 0.05) is 31.1 Å². The third-order valence-corrected chi connectivity index (χ3v) is 5.16. The number of hydrogen-bond donors (Lipinski definition) is 1. The lowest BCUT2D eigenvalue weighted by molar-refractivity contribution is 0.200.